The number of benzene rings is 1. The van der Waals surface area contributed by atoms with Gasteiger partial charge in [0.25, 0.3) is 0 Å². The zero-order valence-electron chi connectivity index (χ0n) is 13.0. The number of nitrogens with zero attached hydrogens (tertiary/aromatic N) is 1. The van der Waals surface area contributed by atoms with Crippen molar-refractivity contribution in [3.8, 4) is 0 Å². The monoisotopic (exact) mass is 327 g/mol. The second kappa shape index (κ2) is 7.58. The van der Waals surface area contributed by atoms with Gasteiger partial charge in [-0.1, -0.05) is 13.3 Å². The average Bonchev–Trinajstić information content (AvgIpc) is 2.80. The normalized spacial score (nSPS) is 13.5. The molecule has 2 aromatic rings. The second-order valence-corrected chi connectivity index (χ2v) is 5.34. The van der Waals surface area contributed by atoms with Gasteiger partial charge in [-0.25, -0.2) is 4.98 Å². The molecule has 1 amide bonds. The molecule has 1 atom stereocenters. The second-order valence-electron chi connectivity index (χ2n) is 5.34. The van der Waals surface area contributed by atoms with Gasteiger partial charge in [0.2, 0.25) is 11.8 Å². The summed E-state index contributed by atoms with van der Waals surface area (Å²) in [4.78, 5) is 16.5. The van der Waals surface area contributed by atoms with E-state index in [-0.39, 0.29) is 18.3 Å². The summed E-state index contributed by atoms with van der Waals surface area (Å²) in [5.74, 6) is 0.301. The highest BCUT2D eigenvalue weighted by Crippen LogP contribution is 2.21. The number of nitrogens with one attached hydrogen (secondary N) is 1. The Hall–Kier alpha value is -1.63. The lowest BCUT2D eigenvalue weighted by molar-refractivity contribution is -0.120. The van der Waals surface area contributed by atoms with Gasteiger partial charge >= 0.3 is 0 Å². The molecular formula is C15H22ClN3O3. The minimum Gasteiger partial charge on any atom is -0.438 e. The first-order valence-electron chi connectivity index (χ1n) is 6.95. The fourth-order valence-corrected chi connectivity index (χ4v) is 2.14. The van der Waals surface area contributed by atoms with Crippen LogP contribution >= 0.6 is 12.4 Å². The van der Waals surface area contributed by atoms with Crippen molar-refractivity contribution in [1.29, 1.82) is 0 Å². The number of oxazole rings is 1. The van der Waals surface area contributed by atoms with Crippen LogP contribution < -0.4 is 11.1 Å². The minimum atomic E-state index is -0.880. The van der Waals surface area contributed by atoms with E-state index in [0.717, 1.165) is 6.42 Å². The number of ether oxygens (including phenoxy) is 1. The summed E-state index contributed by atoms with van der Waals surface area (Å²) >= 11 is 0. The Kier molecular flexibility index (Phi) is 6.34. The molecule has 0 saturated heterocycles. The van der Waals surface area contributed by atoms with Gasteiger partial charge < -0.3 is 20.2 Å². The summed E-state index contributed by atoms with van der Waals surface area (Å²) in [6.45, 7) is 4.04. The fourth-order valence-electron chi connectivity index (χ4n) is 2.14. The molecule has 122 valence electrons. The standard InChI is InChI=1S/C15H21N3O3.ClH/c1-4-7-15(2,16)14(19)17-10-5-6-12-11(8-10)18-13(21-12)9-20-3;/h5-6,8H,4,7,9,16H2,1-3H3,(H,17,19);1H. The molecule has 0 aliphatic rings. The van der Waals surface area contributed by atoms with Crippen LogP contribution in [0.5, 0.6) is 0 Å². The quantitative estimate of drug-likeness (QED) is 0.851. The Morgan fingerprint density at radius 2 is 2.23 bits per heavy atom. The predicted octanol–water partition coefficient (Wildman–Crippen LogP) is 2.85. The molecule has 3 N–H and O–H groups in total. The van der Waals surface area contributed by atoms with Crippen LogP contribution in [0.1, 0.15) is 32.6 Å². The minimum absolute atomic E-state index is 0. The van der Waals surface area contributed by atoms with Gasteiger partial charge in [0.05, 0.1) is 5.54 Å². The van der Waals surface area contributed by atoms with Crippen molar-refractivity contribution < 1.29 is 13.9 Å². The average molecular weight is 328 g/mol. The molecule has 1 unspecified atom stereocenters. The molecule has 1 heterocycles. The third-order valence-corrected chi connectivity index (χ3v) is 3.25. The van der Waals surface area contributed by atoms with Crippen molar-refractivity contribution in [3.63, 3.8) is 0 Å². The highest BCUT2D eigenvalue weighted by molar-refractivity contribution is 5.98. The predicted molar refractivity (Wildman–Crippen MR) is 88.1 cm³/mol. The van der Waals surface area contributed by atoms with E-state index in [1.807, 2.05) is 6.92 Å². The first-order chi connectivity index (χ1) is 9.96. The Bertz CT molecular complexity index is 640. The van der Waals surface area contributed by atoms with E-state index >= 15 is 0 Å². The maximum absolute atomic E-state index is 12.2. The number of nitrogens with two attached hydrogens (primary N) is 1. The number of hydrogen-bond donors (Lipinski definition) is 2. The largest absolute Gasteiger partial charge is 0.438 e. The van der Waals surface area contributed by atoms with Gasteiger partial charge in [-0.15, -0.1) is 12.4 Å². The molecule has 0 radical (unpaired) electrons. The third-order valence-electron chi connectivity index (χ3n) is 3.25. The maximum Gasteiger partial charge on any atom is 0.244 e. The zero-order valence-corrected chi connectivity index (χ0v) is 13.8. The fraction of sp³-hybridized carbons (Fsp3) is 0.467. The summed E-state index contributed by atoms with van der Waals surface area (Å²) < 4.78 is 10.5. The van der Waals surface area contributed by atoms with Crippen molar-refractivity contribution in [2.45, 2.75) is 38.8 Å². The van der Waals surface area contributed by atoms with Crippen molar-refractivity contribution in [2.24, 2.45) is 5.73 Å². The molecule has 1 aromatic heterocycles. The first kappa shape index (κ1) is 18.4. The van der Waals surface area contributed by atoms with Crippen LogP contribution in [-0.4, -0.2) is 23.5 Å². The molecule has 6 nitrogen and oxygen atoms in total. The first-order valence-corrected chi connectivity index (χ1v) is 6.95. The maximum atomic E-state index is 12.2. The summed E-state index contributed by atoms with van der Waals surface area (Å²) in [6, 6.07) is 5.30. The highest BCUT2D eigenvalue weighted by atomic mass is 35.5. The lowest BCUT2D eigenvalue weighted by Gasteiger charge is -2.22. The van der Waals surface area contributed by atoms with E-state index in [1.54, 1.807) is 32.2 Å². The Labute approximate surface area is 135 Å². The van der Waals surface area contributed by atoms with Gasteiger partial charge in [-0.05, 0) is 31.5 Å². The number of carbonyl (C=O) groups is 1. The van der Waals surface area contributed by atoms with Crippen LogP contribution in [0.15, 0.2) is 22.6 Å². The molecule has 7 heteroatoms. The number of carbonyl (C=O) groups excluding carboxylic acids is 1. The molecule has 0 aliphatic carbocycles. The molecule has 0 saturated carbocycles. The van der Waals surface area contributed by atoms with Crippen molar-refractivity contribution >= 4 is 35.1 Å². The topological polar surface area (TPSA) is 90.4 Å². The van der Waals surface area contributed by atoms with E-state index in [2.05, 4.69) is 10.3 Å². The van der Waals surface area contributed by atoms with Crippen molar-refractivity contribution in [2.75, 3.05) is 12.4 Å². The number of halogens is 1. The van der Waals surface area contributed by atoms with Crippen molar-refractivity contribution in [1.82, 2.24) is 4.98 Å². The van der Waals surface area contributed by atoms with E-state index in [9.17, 15) is 4.79 Å². The lowest BCUT2D eigenvalue weighted by atomic mass is 9.96. The summed E-state index contributed by atoms with van der Waals surface area (Å²) in [5.41, 5.74) is 7.11. The number of hydrogen-bond acceptors (Lipinski definition) is 5. The van der Waals surface area contributed by atoms with E-state index in [1.165, 1.54) is 0 Å². The molecule has 0 spiro atoms. The molecule has 2 rings (SSSR count). The molecule has 1 aromatic carbocycles. The summed E-state index contributed by atoms with van der Waals surface area (Å²) in [5, 5.41) is 2.82. The van der Waals surface area contributed by atoms with Gasteiger partial charge in [0, 0.05) is 12.8 Å². The molecule has 0 aliphatic heterocycles. The summed E-state index contributed by atoms with van der Waals surface area (Å²) in [6.07, 6.45) is 1.48. The van der Waals surface area contributed by atoms with Crippen LogP contribution in [0, 0.1) is 0 Å². The van der Waals surface area contributed by atoms with Crippen molar-refractivity contribution in [3.05, 3.63) is 24.1 Å². The van der Waals surface area contributed by atoms with E-state index in [0.29, 0.717) is 35.7 Å². The SMILES string of the molecule is CCCC(C)(N)C(=O)Nc1ccc2oc(COC)nc2c1.Cl. The Morgan fingerprint density at radius 3 is 2.86 bits per heavy atom. The van der Waals surface area contributed by atoms with Gasteiger partial charge in [0.1, 0.15) is 12.1 Å². The van der Waals surface area contributed by atoms with Crippen LogP contribution in [0.25, 0.3) is 11.1 Å². The molecule has 22 heavy (non-hydrogen) atoms. The Morgan fingerprint density at radius 1 is 1.50 bits per heavy atom. The van der Waals surface area contributed by atoms with Crippen LogP contribution in [0.2, 0.25) is 0 Å². The van der Waals surface area contributed by atoms with Gasteiger partial charge in [-0.3, -0.25) is 4.79 Å². The number of anilines is 1. The smallest absolute Gasteiger partial charge is 0.244 e. The van der Waals surface area contributed by atoms with Crippen LogP contribution in [0.4, 0.5) is 5.69 Å². The Balaban J connectivity index is 0.00000242. The van der Waals surface area contributed by atoms with Crippen LogP contribution in [-0.2, 0) is 16.1 Å². The zero-order chi connectivity index (χ0) is 15.5. The molecular weight excluding hydrogens is 306 g/mol. The number of methoxy groups -OCH3 is 1. The summed E-state index contributed by atoms with van der Waals surface area (Å²) in [7, 11) is 1.58. The van der Waals surface area contributed by atoms with E-state index < -0.39 is 5.54 Å². The third kappa shape index (κ3) is 4.19. The van der Waals surface area contributed by atoms with E-state index in [4.69, 9.17) is 14.9 Å². The number of rotatable bonds is 6. The van der Waals surface area contributed by atoms with Gasteiger partial charge in [-0.2, -0.15) is 0 Å². The van der Waals surface area contributed by atoms with Gasteiger partial charge in [0.15, 0.2) is 5.58 Å². The number of fused-ring (bicyclic) bond motifs is 1. The number of aromatic nitrogens is 1. The van der Waals surface area contributed by atoms with Crippen LogP contribution in [0.3, 0.4) is 0 Å². The molecule has 0 bridgehead atoms. The number of amides is 1. The molecule has 0 fully saturated rings. The lowest BCUT2D eigenvalue weighted by Crippen LogP contribution is -2.48. The highest BCUT2D eigenvalue weighted by Gasteiger charge is 2.27.